The van der Waals surface area contributed by atoms with Gasteiger partial charge in [0.05, 0.1) is 13.2 Å². The van der Waals surface area contributed by atoms with Gasteiger partial charge >= 0.3 is 18.1 Å². The number of ether oxygens (including phenoxy) is 2. The summed E-state index contributed by atoms with van der Waals surface area (Å²) < 4.78 is 44.2. The summed E-state index contributed by atoms with van der Waals surface area (Å²) >= 11 is 0. The Hall–Kier alpha value is -3.19. The van der Waals surface area contributed by atoms with Crippen molar-refractivity contribution in [2.24, 2.45) is 0 Å². The molecule has 0 aliphatic carbocycles. The van der Waals surface area contributed by atoms with Crippen molar-refractivity contribution >= 4 is 23.6 Å². The number of carbonyl (C=O) groups is 4. The molecule has 0 saturated heterocycles. The van der Waals surface area contributed by atoms with Gasteiger partial charge in [0.2, 0.25) is 11.6 Å². The number of nitrogens with zero attached hydrogens (tertiary/aromatic N) is 4. The number of alkyl halides is 3. The number of nitrogens with one attached hydrogen (secondary N) is 1. The second-order valence-electron chi connectivity index (χ2n) is 4.80. The molecule has 0 aromatic carbocycles. The van der Waals surface area contributed by atoms with E-state index < -0.39 is 48.1 Å². The maximum atomic E-state index is 11.9. The van der Waals surface area contributed by atoms with Crippen LogP contribution in [0.5, 0.6) is 0 Å². The van der Waals surface area contributed by atoms with Gasteiger partial charge in [0.25, 0.3) is 11.7 Å². The zero-order chi connectivity index (χ0) is 20.4. The molecule has 1 aromatic rings. The second-order valence-corrected chi connectivity index (χ2v) is 4.80. The van der Waals surface area contributed by atoms with Crippen LogP contribution in [0.1, 0.15) is 41.0 Å². The molecule has 1 amide bonds. The monoisotopic (exact) mass is 393 g/mol. The minimum Gasteiger partial charge on any atom is -0.464 e. The summed E-state index contributed by atoms with van der Waals surface area (Å²) in [5.74, 6) is -5.22. The first-order valence-corrected chi connectivity index (χ1v) is 7.37. The molecule has 0 saturated carbocycles. The molecule has 27 heavy (non-hydrogen) atoms. The number of Topliss-reactive ketones (excluding diaryl/α,β-unsaturated/α-hetero) is 1. The van der Waals surface area contributed by atoms with E-state index in [1.807, 2.05) is 0 Å². The lowest BCUT2D eigenvalue weighted by molar-refractivity contribution is -0.199. The average molecular weight is 393 g/mol. The summed E-state index contributed by atoms with van der Waals surface area (Å²) in [5.41, 5.74) is 0. The molecule has 0 bridgehead atoms. The number of ketones is 1. The van der Waals surface area contributed by atoms with Crippen LogP contribution in [0.4, 0.5) is 13.2 Å². The fourth-order valence-corrected chi connectivity index (χ4v) is 1.46. The summed E-state index contributed by atoms with van der Waals surface area (Å²) in [4.78, 5) is 44.4. The highest BCUT2D eigenvalue weighted by Crippen LogP contribution is 2.16. The van der Waals surface area contributed by atoms with Gasteiger partial charge in [0.15, 0.2) is 0 Å². The summed E-state index contributed by atoms with van der Waals surface area (Å²) in [5, 5.41) is 15.9. The molecule has 0 fully saturated rings. The summed E-state index contributed by atoms with van der Waals surface area (Å²) in [6.07, 6.45) is -5.61. The van der Waals surface area contributed by atoms with Crippen LogP contribution in [0.15, 0.2) is 0 Å². The molecule has 0 aliphatic rings. The Kier molecular flexibility index (Phi) is 8.16. The van der Waals surface area contributed by atoms with Gasteiger partial charge in [-0.25, -0.2) is 4.79 Å². The minimum atomic E-state index is -5.10. The minimum absolute atomic E-state index is 0.000892. The SMILES string of the molecule is CC(=O)OCCNC(=O)c1nnc(C(=O)CCCOC(=O)C(F)(F)F)nn1. The van der Waals surface area contributed by atoms with Crippen LogP contribution in [0.25, 0.3) is 0 Å². The van der Waals surface area contributed by atoms with E-state index >= 15 is 0 Å². The Morgan fingerprint density at radius 2 is 1.56 bits per heavy atom. The zero-order valence-corrected chi connectivity index (χ0v) is 13.9. The molecular formula is C13H14F3N5O6. The fraction of sp³-hybridized carbons (Fsp3) is 0.538. The first-order valence-electron chi connectivity index (χ1n) is 7.37. The lowest BCUT2D eigenvalue weighted by Gasteiger charge is -2.06. The van der Waals surface area contributed by atoms with E-state index in [4.69, 9.17) is 0 Å². The summed E-state index contributed by atoms with van der Waals surface area (Å²) in [7, 11) is 0. The third kappa shape index (κ3) is 8.15. The van der Waals surface area contributed by atoms with Crippen molar-refractivity contribution in [2.75, 3.05) is 19.8 Å². The third-order valence-corrected chi connectivity index (χ3v) is 2.64. The van der Waals surface area contributed by atoms with Crippen LogP contribution >= 0.6 is 0 Å². The second kappa shape index (κ2) is 10.1. The van der Waals surface area contributed by atoms with Gasteiger partial charge in [-0.2, -0.15) is 13.2 Å². The molecule has 1 rings (SSSR count). The van der Waals surface area contributed by atoms with E-state index in [-0.39, 0.29) is 26.0 Å². The first-order chi connectivity index (χ1) is 12.6. The van der Waals surface area contributed by atoms with Crippen LogP contribution in [0, 0.1) is 0 Å². The van der Waals surface area contributed by atoms with Crippen LogP contribution in [-0.4, -0.2) is 70.0 Å². The van der Waals surface area contributed by atoms with Crippen molar-refractivity contribution in [3.8, 4) is 0 Å². The molecule has 1 N–H and O–H groups in total. The van der Waals surface area contributed by atoms with E-state index in [2.05, 4.69) is 35.2 Å². The molecule has 1 heterocycles. The number of hydrogen-bond acceptors (Lipinski definition) is 10. The van der Waals surface area contributed by atoms with Crippen molar-refractivity contribution in [3.05, 3.63) is 11.6 Å². The van der Waals surface area contributed by atoms with Crippen LogP contribution in [0.3, 0.4) is 0 Å². The van der Waals surface area contributed by atoms with Crippen LogP contribution in [0.2, 0.25) is 0 Å². The number of esters is 2. The number of aromatic nitrogens is 4. The molecule has 0 spiro atoms. The Bertz CT molecular complexity index is 695. The van der Waals surface area contributed by atoms with Gasteiger partial charge in [-0.1, -0.05) is 0 Å². The Morgan fingerprint density at radius 1 is 0.963 bits per heavy atom. The van der Waals surface area contributed by atoms with Crippen molar-refractivity contribution in [1.82, 2.24) is 25.7 Å². The number of rotatable bonds is 9. The molecule has 14 heteroatoms. The van der Waals surface area contributed by atoms with Gasteiger partial charge in [0, 0.05) is 13.3 Å². The zero-order valence-electron chi connectivity index (χ0n) is 13.9. The van der Waals surface area contributed by atoms with E-state index in [1.54, 1.807) is 0 Å². The smallest absolute Gasteiger partial charge is 0.464 e. The molecular weight excluding hydrogens is 379 g/mol. The Labute approximate surface area is 149 Å². The fourth-order valence-electron chi connectivity index (χ4n) is 1.46. The highest BCUT2D eigenvalue weighted by molar-refractivity contribution is 5.93. The van der Waals surface area contributed by atoms with Gasteiger partial charge in [-0.15, -0.1) is 20.4 Å². The van der Waals surface area contributed by atoms with Crippen molar-refractivity contribution in [1.29, 1.82) is 0 Å². The molecule has 0 aliphatic heterocycles. The van der Waals surface area contributed by atoms with Crippen LogP contribution in [-0.2, 0) is 19.1 Å². The Balaban J connectivity index is 2.39. The van der Waals surface area contributed by atoms with Gasteiger partial charge in [-0.3, -0.25) is 14.4 Å². The third-order valence-electron chi connectivity index (χ3n) is 2.64. The molecule has 0 radical (unpaired) electrons. The number of hydrogen-bond donors (Lipinski definition) is 1. The maximum Gasteiger partial charge on any atom is 0.490 e. The van der Waals surface area contributed by atoms with Gasteiger partial charge in [-0.05, 0) is 6.42 Å². The normalized spacial score (nSPS) is 10.8. The predicted octanol–water partition coefficient (Wildman–Crippen LogP) is -0.372. The topological polar surface area (TPSA) is 150 Å². The van der Waals surface area contributed by atoms with Crippen molar-refractivity contribution in [2.45, 2.75) is 25.9 Å². The number of amides is 1. The maximum absolute atomic E-state index is 11.9. The Morgan fingerprint density at radius 3 is 2.11 bits per heavy atom. The highest BCUT2D eigenvalue weighted by atomic mass is 19.4. The quantitative estimate of drug-likeness (QED) is 0.334. The molecule has 11 nitrogen and oxygen atoms in total. The molecule has 0 unspecified atom stereocenters. The summed E-state index contributed by atoms with van der Waals surface area (Å²) in [6.45, 7) is 0.527. The van der Waals surface area contributed by atoms with Crippen molar-refractivity contribution in [3.63, 3.8) is 0 Å². The van der Waals surface area contributed by atoms with E-state index in [0.29, 0.717) is 0 Å². The number of halogens is 3. The number of carbonyl (C=O) groups excluding carboxylic acids is 4. The molecule has 1 aromatic heterocycles. The van der Waals surface area contributed by atoms with Crippen molar-refractivity contribution < 1.29 is 41.8 Å². The van der Waals surface area contributed by atoms with E-state index in [9.17, 15) is 32.3 Å². The summed E-state index contributed by atoms with van der Waals surface area (Å²) in [6, 6.07) is 0. The molecule has 0 atom stereocenters. The first kappa shape index (κ1) is 21.9. The highest BCUT2D eigenvalue weighted by Gasteiger charge is 2.40. The lowest BCUT2D eigenvalue weighted by atomic mass is 10.2. The van der Waals surface area contributed by atoms with E-state index in [0.717, 1.165) is 0 Å². The van der Waals surface area contributed by atoms with Gasteiger partial charge < -0.3 is 14.8 Å². The van der Waals surface area contributed by atoms with Gasteiger partial charge in [0.1, 0.15) is 6.61 Å². The average Bonchev–Trinajstić information content (AvgIpc) is 2.61. The van der Waals surface area contributed by atoms with E-state index in [1.165, 1.54) is 6.92 Å². The molecule has 148 valence electrons. The predicted molar refractivity (Wildman–Crippen MR) is 77.2 cm³/mol. The lowest BCUT2D eigenvalue weighted by Crippen LogP contribution is -2.30. The largest absolute Gasteiger partial charge is 0.490 e. The van der Waals surface area contributed by atoms with Crippen LogP contribution < -0.4 is 5.32 Å². The standard InChI is InChI=1S/C13H14F3N5O6/c1-7(22)26-6-4-17-11(24)10-20-18-9(19-21-10)8(23)3-2-5-27-12(25)13(14,15)16/h2-6H2,1H3,(H,17,24).